The molecule has 0 unspecified atom stereocenters. The van der Waals surface area contributed by atoms with Gasteiger partial charge in [0.15, 0.2) is 0 Å². The summed E-state index contributed by atoms with van der Waals surface area (Å²) in [5.41, 5.74) is 3.70. The van der Waals surface area contributed by atoms with Gasteiger partial charge in [0.05, 0.1) is 0 Å². The van der Waals surface area contributed by atoms with Crippen LogP contribution in [0.15, 0.2) is 36.4 Å². The summed E-state index contributed by atoms with van der Waals surface area (Å²) in [7, 11) is 0. The third kappa shape index (κ3) is 5.28. The van der Waals surface area contributed by atoms with Gasteiger partial charge >= 0.3 is 23.1 Å². The van der Waals surface area contributed by atoms with E-state index in [9.17, 15) is 5.11 Å². The molecule has 0 fully saturated rings. The number of halogens is 1. The largest absolute Gasteiger partial charge is 2.00 e. The Morgan fingerprint density at radius 3 is 2.00 bits per heavy atom. The Balaban J connectivity index is 0.00000264. The fraction of sp³-hybridized carbons (Fsp3) is 0.368. The zero-order chi connectivity index (χ0) is 16.1. The first kappa shape index (κ1) is 23.1. The maximum Gasteiger partial charge on any atom is 2.00 e. The SMILES string of the molecule is CCN(CC)COc1cccc(C)c1-c1c(C)cccc1[O-].[Cl-].[Mg+2]. The molecule has 0 bridgehead atoms. The van der Waals surface area contributed by atoms with Gasteiger partial charge in [-0.15, -0.1) is 5.75 Å². The van der Waals surface area contributed by atoms with Crippen LogP contribution in [0.5, 0.6) is 11.5 Å². The minimum atomic E-state index is 0. The first-order valence-corrected chi connectivity index (χ1v) is 7.80. The van der Waals surface area contributed by atoms with Crippen molar-refractivity contribution in [3.8, 4) is 22.6 Å². The van der Waals surface area contributed by atoms with Gasteiger partial charge in [0, 0.05) is 5.56 Å². The molecule has 0 spiro atoms. The van der Waals surface area contributed by atoms with Crippen molar-refractivity contribution < 1.29 is 22.3 Å². The van der Waals surface area contributed by atoms with Crippen molar-refractivity contribution in [1.29, 1.82) is 0 Å². The summed E-state index contributed by atoms with van der Waals surface area (Å²) < 4.78 is 6.01. The number of hydrogen-bond acceptors (Lipinski definition) is 3. The average Bonchev–Trinajstić information content (AvgIpc) is 2.50. The van der Waals surface area contributed by atoms with Gasteiger partial charge in [-0.2, -0.15) is 0 Å². The predicted molar refractivity (Wildman–Crippen MR) is 95.0 cm³/mol. The summed E-state index contributed by atoms with van der Waals surface area (Å²) in [6.45, 7) is 10.6. The van der Waals surface area contributed by atoms with Crippen LogP contribution < -0.4 is 22.3 Å². The van der Waals surface area contributed by atoms with Gasteiger partial charge in [0.25, 0.3) is 0 Å². The zero-order valence-corrected chi connectivity index (χ0v) is 17.1. The number of nitrogens with zero attached hydrogens (tertiary/aromatic N) is 1. The number of hydrogen-bond donors (Lipinski definition) is 0. The van der Waals surface area contributed by atoms with Crippen molar-refractivity contribution >= 4 is 23.1 Å². The van der Waals surface area contributed by atoms with Crippen molar-refractivity contribution in [1.82, 2.24) is 4.90 Å². The van der Waals surface area contributed by atoms with Crippen LogP contribution in [0.4, 0.5) is 0 Å². The van der Waals surface area contributed by atoms with E-state index in [2.05, 4.69) is 18.7 Å². The smallest absolute Gasteiger partial charge is 1.00 e. The molecule has 24 heavy (non-hydrogen) atoms. The van der Waals surface area contributed by atoms with Crippen molar-refractivity contribution in [2.24, 2.45) is 0 Å². The molecule has 0 aliphatic heterocycles. The van der Waals surface area contributed by atoms with Crippen LogP contribution >= 0.6 is 0 Å². The molecule has 3 nitrogen and oxygen atoms in total. The Bertz CT molecular complexity index is 625. The molecule has 0 amide bonds. The molecule has 2 aromatic carbocycles. The summed E-state index contributed by atoms with van der Waals surface area (Å²) in [6, 6.07) is 11.3. The predicted octanol–water partition coefficient (Wildman–Crippen LogP) is 0.345. The third-order valence-corrected chi connectivity index (χ3v) is 4.02. The second-order valence-electron chi connectivity index (χ2n) is 5.47. The van der Waals surface area contributed by atoms with Gasteiger partial charge in [-0.25, -0.2) is 0 Å². The van der Waals surface area contributed by atoms with Gasteiger partial charge in [-0.3, -0.25) is 4.90 Å². The Morgan fingerprint density at radius 1 is 0.917 bits per heavy atom. The Kier molecular flexibility index (Phi) is 10.4. The minimum absolute atomic E-state index is 0. The van der Waals surface area contributed by atoms with Crippen LogP contribution in [-0.4, -0.2) is 47.8 Å². The summed E-state index contributed by atoms with van der Waals surface area (Å²) in [5, 5.41) is 12.3. The van der Waals surface area contributed by atoms with E-state index in [0.29, 0.717) is 6.73 Å². The molecule has 126 valence electrons. The number of rotatable bonds is 6. The van der Waals surface area contributed by atoms with Crippen LogP contribution in [0.1, 0.15) is 25.0 Å². The molecule has 5 heteroatoms. The molecule has 2 aromatic rings. The van der Waals surface area contributed by atoms with Crippen LogP contribution in [0.3, 0.4) is 0 Å². The van der Waals surface area contributed by atoms with Gasteiger partial charge in [-0.05, 0) is 49.7 Å². The van der Waals surface area contributed by atoms with Crippen molar-refractivity contribution in [2.75, 3.05) is 19.8 Å². The van der Waals surface area contributed by atoms with Crippen molar-refractivity contribution in [3.05, 3.63) is 47.5 Å². The first-order valence-electron chi connectivity index (χ1n) is 7.80. The fourth-order valence-corrected chi connectivity index (χ4v) is 2.61. The maximum absolute atomic E-state index is 12.3. The van der Waals surface area contributed by atoms with Crippen LogP contribution in [0.2, 0.25) is 0 Å². The average molecular weight is 358 g/mol. The molecule has 0 aliphatic rings. The number of ether oxygens (including phenoxy) is 1. The van der Waals surface area contributed by atoms with Gasteiger partial charge in [0.1, 0.15) is 12.5 Å². The second-order valence-corrected chi connectivity index (χ2v) is 5.47. The number of aryl methyl sites for hydroxylation is 2. The molecule has 0 saturated heterocycles. The topological polar surface area (TPSA) is 35.5 Å². The summed E-state index contributed by atoms with van der Waals surface area (Å²) in [6.07, 6.45) is 0. The van der Waals surface area contributed by atoms with E-state index < -0.39 is 0 Å². The maximum atomic E-state index is 12.3. The van der Waals surface area contributed by atoms with E-state index in [1.54, 1.807) is 12.1 Å². The second kappa shape index (κ2) is 10.8. The first-order chi connectivity index (χ1) is 10.6. The monoisotopic (exact) mass is 357 g/mol. The summed E-state index contributed by atoms with van der Waals surface area (Å²) >= 11 is 0. The van der Waals surface area contributed by atoms with E-state index in [1.165, 1.54) is 0 Å². The summed E-state index contributed by atoms with van der Waals surface area (Å²) in [5.74, 6) is 0.820. The molecular weight excluding hydrogens is 334 g/mol. The summed E-state index contributed by atoms with van der Waals surface area (Å²) in [4.78, 5) is 2.20. The fourth-order valence-electron chi connectivity index (χ4n) is 2.61. The van der Waals surface area contributed by atoms with E-state index in [-0.39, 0.29) is 41.2 Å². The van der Waals surface area contributed by atoms with Gasteiger partial charge in [0.2, 0.25) is 0 Å². The normalized spacial score (nSPS) is 10.0. The molecule has 0 saturated carbocycles. The van der Waals surface area contributed by atoms with Crippen LogP contribution in [0.25, 0.3) is 11.1 Å². The van der Waals surface area contributed by atoms with Crippen LogP contribution in [0, 0.1) is 13.8 Å². The molecule has 0 atom stereocenters. The minimum Gasteiger partial charge on any atom is -1.00 e. The zero-order valence-electron chi connectivity index (χ0n) is 14.9. The van der Waals surface area contributed by atoms with E-state index in [0.717, 1.165) is 41.1 Å². The Hall–Kier alpha value is -0.944. The Labute approximate surface area is 167 Å². The van der Waals surface area contributed by atoms with E-state index >= 15 is 0 Å². The molecule has 2 rings (SSSR count). The molecule has 0 heterocycles. The van der Waals surface area contributed by atoms with Crippen molar-refractivity contribution in [2.45, 2.75) is 27.7 Å². The van der Waals surface area contributed by atoms with E-state index in [4.69, 9.17) is 4.74 Å². The quantitative estimate of drug-likeness (QED) is 0.552. The molecule has 0 aliphatic carbocycles. The number of benzene rings is 2. The van der Waals surface area contributed by atoms with E-state index in [1.807, 2.05) is 38.1 Å². The van der Waals surface area contributed by atoms with Gasteiger partial charge in [-0.1, -0.05) is 44.2 Å². The molecule has 0 N–H and O–H groups in total. The molecule has 0 radical (unpaired) electrons. The molecular formula is C19H24ClMgNO2. The Morgan fingerprint density at radius 2 is 1.46 bits per heavy atom. The van der Waals surface area contributed by atoms with Crippen molar-refractivity contribution in [3.63, 3.8) is 0 Å². The third-order valence-electron chi connectivity index (χ3n) is 4.02. The molecule has 0 aromatic heterocycles. The van der Waals surface area contributed by atoms with Gasteiger partial charge < -0.3 is 22.3 Å². The standard InChI is InChI=1S/C19H25NO2.ClH.Mg/c1-5-20(6-2)13-22-17-12-8-10-15(4)19(17)18-14(3)9-7-11-16(18)21;;/h7-12,21H,5-6,13H2,1-4H3;1H;/q;;+2/p-2. The van der Waals surface area contributed by atoms with Crippen LogP contribution in [-0.2, 0) is 0 Å².